The maximum atomic E-state index is 3.36. The number of hydrogen-bond acceptors (Lipinski definition) is 0. The second-order valence-corrected chi connectivity index (χ2v) is 20.0. The van der Waals surface area contributed by atoms with Gasteiger partial charge < -0.3 is 24.8 Å². The molecule has 0 unspecified atom stereocenters. The van der Waals surface area contributed by atoms with Gasteiger partial charge in [-0.3, -0.25) is 12.2 Å². The number of rotatable bonds is 6. The van der Waals surface area contributed by atoms with Crippen molar-refractivity contribution in [1.82, 2.24) is 0 Å². The molecule has 0 aliphatic heterocycles. The third-order valence-electron chi connectivity index (χ3n) is 3.82. The molecule has 0 amide bonds. The number of allylic oxidation sites excluding steroid dienone is 8. The molecule has 0 saturated heterocycles. The molecule has 25 heavy (non-hydrogen) atoms. The van der Waals surface area contributed by atoms with Crippen molar-refractivity contribution in [2.75, 3.05) is 0 Å². The van der Waals surface area contributed by atoms with Crippen LogP contribution in [0.1, 0.15) is 25.7 Å². The molecule has 0 saturated carbocycles. The van der Waals surface area contributed by atoms with Gasteiger partial charge in [-0.2, -0.15) is 12.2 Å². The van der Waals surface area contributed by atoms with Crippen LogP contribution in [0.5, 0.6) is 0 Å². The maximum Gasteiger partial charge on any atom is 4.00 e. The molecule has 0 spiro atoms. The number of hydrogen-bond donors (Lipinski definition) is 0. The van der Waals surface area contributed by atoms with Crippen molar-refractivity contribution < 1.29 is 50.7 Å². The molecule has 0 heterocycles. The van der Waals surface area contributed by atoms with Crippen LogP contribution in [0.2, 0.25) is 51.4 Å². The van der Waals surface area contributed by atoms with Crippen molar-refractivity contribution in [3.63, 3.8) is 0 Å². The Bertz CT molecular complexity index is 423. The molecule has 0 bridgehead atoms. The molecular weight excluding hydrogens is 546 g/mol. The average Bonchev–Trinajstić information content (AvgIpc) is 3.07. The summed E-state index contributed by atoms with van der Waals surface area (Å²) in [6.07, 6.45) is 20.1. The van der Waals surface area contributed by atoms with E-state index in [4.69, 9.17) is 0 Å². The molecule has 140 valence electrons. The van der Waals surface area contributed by atoms with Crippen LogP contribution in [0.4, 0.5) is 0 Å². The summed E-state index contributed by atoms with van der Waals surface area (Å²) in [5.41, 5.74) is 2.87. The van der Waals surface area contributed by atoms with E-state index >= 15 is 0 Å². The van der Waals surface area contributed by atoms with Gasteiger partial charge in [0.05, 0.1) is 0 Å². The molecule has 2 aliphatic rings. The Kier molecular flexibility index (Phi) is 18.2. The van der Waals surface area contributed by atoms with Gasteiger partial charge in [-0.1, -0.05) is 64.2 Å². The van der Waals surface area contributed by atoms with Crippen LogP contribution in [-0.2, 0) is 25.8 Å². The molecule has 0 aromatic carbocycles. The first-order valence-corrected chi connectivity index (χ1v) is 16.1. The van der Waals surface area contributed by atoms with E-state index in [1.54, 1.807) is 0 Å². The summed E-state index contributed by atoms with van der Waals surface area (Å²) in [7, 11) is -1.64. The van der Waals surface area contributed by atoms with Crippen LogP contribution in [0, 0.1) is 12.2 Å². The molecule has 0 aromatic heterocycles. The predicted octanol–water partition coefficient (Wildman–Crippen LogP) is 0.814. The first kappa shape index (κ1) is 30.6. The van der Waals surface area contributed by atoms with Crippen molar-refractivity contribution in [1.29, 1.82) is 0 Å². The zero-order chi connectivity index (χ0) is 16.6. The second kappa shape index (κ2) is 14.8. The zero-order valence-corrected chi connectivity index (χ0v) is 23.9. The monoisotopic (exact) mass is 580 g/mol. The molecule has 0 N–H and O–H groups in total. The van der Waals surface area contributed by atoms with Crippen molar-refractivity contribution in [2.45, 2.75) is 77.1 Å². The van der Waals surface area contributed by atoms with Crippen LogP contribution >= 0.6 is 0 Å². The van der Waals surface area contributed by atoms with Crippen LogP contribution < -0.4 is 24.8 Å². The molecular formula is C20H34Cl2HfSi2. The Hall–Kier alpha value is 0.844. The molecule has 0 atom stereocenters. The minimum Gasteiger partial charge on any atom is -1.00 e. The van der Waals surface area contributed by atoms with Crippen LogP contribution in [0.15, 0.2) is 35.5 Å². The van der Waals surface area contributed by atoms with E-state index in [1.807, 2.05) is 0 Å². The van der Waals surface area contributed by atoms with Gasteiger partial charge in [-0.25, -0.2) is 23.3 Å². The van der Waals surface area contributed by atoms with E-state index in [9.17, 15) is 0 Å². The molecule has 0 radical (unpaired) electrons. The summed E-state index contributed by atoms with van der Waals surface area (Å²) in [6, 6.07) is 2.80. The molecule has 5 heteroatoms. The van der Waals surface area contributed by atoms with Crippen LogP contribution in [0.25, 0.3) is 0 Å². The summed E-state index contributed by atoms with van der Waals surface area (Å²) < 4.78 is 0. The standard InChI is InChI=1S/2C10H17Si.2ClH.Hf/c2*1-11(2,3)9-8-10-6-4-5-7-10;;;/h2*4,6H,5,8-9H2,1-3H3;2*1H;/q2*-1;;;+4/p-2. The topological polar surface area (TPSA) is 0 Å². The van der Waals surface area contributed by atoms with Gasteiger partial charge in [0.15, 0.2) is 0 Å². The Balaban J connectivity index is -0.000000346. The Morgan fingerprint density at radius 3 is 1.24 bits per heavy atom. The van der Waals surface area contributed by atoms with Gasteiger partial charge in [0.2, 0.25) is 0 Å². The fourth-order valence-corrected chi connectivity index (χ4v) is 4.30. The average molecular weight is 580 g/mol. The molecule has 0 aromatic rings. The Labute approximate surface area is 190 Å². The predicted molar refractivity (Wildman–Crippen MR) is 107 cm³/mol. The van der Waals surface area contributed by atoms with E-state index in [-0.39, 0.29) is 50.7 Å². The van der Waals surface area contributed by atoms with Gasteiger partial charge in [0, 0.05) is 16.1 Å². The molecule has 2 aliphatic carbocycles. The van der Waals surface area contributed by atoms with E-state index in [0.29, 0.717) is 0 Å². The van der Waals surface area contributed by atoms with Crippen molar-refractivity contribution >= 4 is 16.1 Å². The van der Waals surface area contributed by atoms with E-state index in [0.717, 1.165) is 12.8 Å². The summed E-state index contributed by atoms with van der Waals surface area (Å²) >= 11 is 0. The minimum absolute atomic E-state index is 0. The Morgan fingerprint density at radius 2 is 1.04 bits per heavy atom. The van der Waals surface area contributed by atoms with Crippen molar-refractivity contribution in [3.8, 4) is 0 Å². The van der Waals surface area contributed by atoms with Crippen LogP contribution in [-0.4, -0.2) is 16.1 Å². The molecule has 2 rings (SSSR count). The first-order chi connectivity index (χ1) is 10.2. The van der Waals surface area contributed by atoms with Gasteiger partial charge in [0.1, 0.15) is 0 Å². The quantitative estimate of drug-likeness (QED) is 0.323. The minimum atomic E-state index is -0.819. The summed E-state index contributed by atoms with van der Waals surface area (Å²) in [4.78, 5) is 0. The number of halogens is 2. The normalized spacial score (nSPS) is 15.1. The summed E-state index contributed by atoms with van der Waals surface area (Å²) in [6.45, 7) is 14.5. The SMILES string of the molecule is C[Si](C)(C)CCC1=[C-]CC=C1.C[Si](C)(C)CCC1=[C-]CC=C1.[Cl-].[Cl-].[Hf+4]. The smallest absolute Gasteiger partial charge is 1.00 e. The fraction of sp³-hybridized carbons (Fsp3) is 0.600. The third kappa shape index (κ3) is 18.0. The van der Waals surface area contributed by atoms with Crippen molar-refractivity contribution in [3.05, 3.63) is 47.6 Å². The maximum absolute atomic E-state index is 3.36. The molecule has 0 fully saturated rings. The van der Waals surface area contributed by atoms with Gasteiger partial charge in [-0.05, 0) is 0 Å². The fourth-order valence-electron chi connectivity index (χ4n) is 2.26. The Morgan fingerprint density at radius 1 is 0.720 bits per heavy atom. The van der Waals surface area contributed by atoms with Gasteiger partial charge in [-0.15, -0.1) is 12.8 Å². The second-order valence-electron chi connectivity index (χ2n) is 8.74. The third-order valence-corrected chi connectivity index (χ3v) is 7.32. The largest absolute Gasteiger partial charge is 4.00 e. The summed E-state index contributed by atoms with van der Waals surface area (Å²) in [5.74, 6) is 0. The van der Waals surface area contributed by atoms with E-state index in [1.165, 1.54) is 36.1 Å². The van der Waals surface area contributed by atoms with Gasteiger partial charge in [0.25, 0.3) is 0 Å². The zero-order valence-electron chi connectivity index (χ0n) is 16.8. The first-order valence-electron chi connectivity index (χ1n) is 8.68. The van der Waals surface area contributed by atoms with Gasteiger partial charge >= 0.3 is 25.8 Å². The van der Waals surface area contributed by atoms with E-state index in [2.05, 4.69) is 75.7 Å². The van der Waals surface area contributed by atoms with Crippen LogP contribution in [0.3, 0.4) is 0 Å². The van der Waals surface area contributed by atoms with E-state index < -0.39 is 16.1 Å². The van der Waals surface area contributed by atoms with Crippen molar-refractivity contribution in [2.24, 2.45) is 0 Å². The summed E-state index contributed by atoms with van der Waals surface area (Å²) in [5, 5.41) is 0. The molecule has 0 nitrogen and oxygen atoms in total.